The second kappa shape index (κ2) is 2.90. The predicted octanol–water partition coefficient (Wildman–Crippen LogP) is -1.84. The summed E-state index contributed by atoms with van der Waals surface area (Å²) in [5.74, 6) is 0. The highest BCUT2D eigenvalue weighted by Gasteiger charge is 2.08. The Morgan fingerprint density at radius 3 is 2.40 bits per heavy atom. The summed E-state index contributed by atoms with van der Waals surface area (Å²) in [5, 5.41) is 17.3. The van der Waals surface area contributed by atoms with E-state index in [1.807, 2.05) is 0 Å². The summed E-state index contributed by atoms with van der Waals surface area (Å²) in [6.45, 7) is 0. The van der Waals surface area contributed by atoms with Crippen LogP contribution in [0.25, 0.3) is 0 Å². The zero-order valence-corrected chi connectivity index (χ0v) is 5.36. The maximum atomic E-state index is 8.65. The van der Waals surface area contributed by atoms with E-state index in [0.717, 1.165) is 0 Å². The Hall–Kier alpha value is -0.730. The Labute approximate surface area is 61.1 Å². The van der Waals surface area contributed by atoms with E-state index >= 15 is 0 Å². The zero-order chi connectivity index (χ0) is 7.56. The minimum atomic E-state index is -1.43. The molecule has 2 N–H and O–H groups in total. The highest BCUT2D eigenvalue weighted by molar-refractivity contribution is 6.59. The smallest absolute Gasteiger partial charge is 0.423 e. The van der Waals surface area contributed by atoms with Crippen molar-refractivity contribution in [1.82, 2.24) is 0 Å². The summed E-state index contributed by atoms with van der Waals surface area (Å²) < 4.78 is 0. The van der Waals surface area contributed by atoms with E-state index in [4.69, 9.17) is 17.9 Å². The minimum Gasteiger partial charge on any atom is -0.423 e. The molecule has 1 rings (SSSR count). The van der Waals surface area contributed by atoms with Gasteiger partial charge in [0.25, 0.3) is 0 Å². The lowest BCUT2D eigenvalue weighted by Crippen LogP contribution is -2.31. The quantitative estimate of drug-likeness (QED) is 0.440. The van der Waals surface area contributed by atoms with Crippen molar-refractivity contribution in [2.45, 2.75) is 0 Å². The van der Waals surface area contributed by atoms with Crippen molar-refractivity contribution in [3.63, 3.8) is 0 Å². The van der Waals surface area contributed by atoms with Crippen molar-refractivity contribution in [3.8, 4) is 0 Å². The van der Waals surface area contributed by atoms with E-state index in [1.54, 1.807) is 18.2 Å². The van der Waals surface area contributed by atoms with E-state index in [-0.39, 0.29) is 0 Å². The van der Waals surface area contributed by atoms with Crippen molar-refractivity contribution < 1.29 is 10.0 Å². The van der Waals surface area contributed by atoms with Crippen LogP contribution in [0.15, 0.2) is 24.3 Å². The molecule has 2 radical (unpaired) electrons. The lowest BCUT2D eigenvalue weighted by atomic mass is 9.77. The third-order valence-electron chi connectivity index (χ3n) is 1.21. The van der Waals surface area contributed by atoms with E-state index in [9.17, 15) is 0 Å². The van der Waals surface area contributed by atoms with Crippen LogP contribution in [0.3, 0.4) is 0 Å². The van der Waals surface area contributed by atoms with Crippen LogP contribution in [-0.2, 0) is 0 Å². The molecule has 0 saturated heterocycles. The topological polar surface area (TPSA) is 40.5 Å². The molecule has 0 aromatic heterocycles. The van der Waals surface area contributed by atoms with Gasteiger partial charge in [-0.2, -0.15) is 0 Å². The molecule has 0 aliphatic rings. The maximum Gasteiger partial charge on any atom is 0.488 e. The average molecular weight is 132 g/mol. The average Bonchev–Trinajstić information content (AvgIpc) is 1.88. The molecule has 0 atom stereocenters. The van der Waals surface area contributed by atoms with Crippen LogP contribution >= 0.6 is 0 Å². The molecule has 0 aliphatic carbocycles. The third-order valence-corrected chi connectivity index (χ3v) is 1.21. The molecule has 48 valence electrons. The van der Waals surface area contributed by atoms with Crippen LogP contribution in [0.4, 0.5) is 0 Å². The Bertz CT molecular complexity index is 225. The van der Waals surface area contributed by atoms with Gasteiger partial charge in [0, 0.05) is 0 Å². The fourth-order valence-corrected chi connectivity index (χ4v) is 0.720. The molecule has 2 nitrogen and oxygen atoms in total. The van der Waals surface area contributed by atoms with Crippen molar-refractivity contribution in [1.29, 1.82) is 0 Å². The summed E-state index contributed by atoms with van der Waals surface area (Å²) >= 11 is 0. The number of benzene rings is 1. The van der Waals surface area contributed by atoms with Crippen molar-refractivity contribution in [2.75, 3.05) is 0 Å². The van der Waals surface area contributed by atoms with Gasteiger partial charge >= 0.3 is 7.12 Å². The molecular weight excluding hydrogens is 126 g/mol. The van der Waals surface area contributed by atoms with Gasteiger partial charge in [0.05, 0.1) is 0 Å². The molecule has 10 heavy (non-hydrogen) atoms. The van der Waals surface area contributed by atoms with Gasteiger partial charge in [-0.3, -0.25) is 0 Å². The summed E-state index contributed by atoms with van der Waals surface area (Å²) in [6.07, 6.45) is 0. The third kappa shape index (κ3) is 1.62. The largest absolute Gasteiger partial charge is 0.488 e. The standard InChI is InChI=1S/C6H6B2O2/c7-5-2-1-3-6(4-5)8(9)10/h1-4,9-10H. The first-order valence-electron chi connectivity index (χ1n) is 2.92. The van der Waals surface area contributed by atoms with Crippen LogP contribution < -0.4 is 10.9 Å². The fourth-order valence-electron chi connectivity index (χ4n) is 0.720. The summed E-state index contributed by atoms with van der Waals surface area (Å²) in [7, 11) is 3.95. The fraction of sp³-hybridized carbons (Fsp3) is 0. The molecule has 0 amide bonds. The highest BCUT2D eigenvalue weighted by atomic mass is 16.4. The number of hydrogen-bond acceptors (Lipinski definition) is 2. The van der Waals surface area contributed by atoms with E-state index in [0.29, 0.717) is 10.9 Å². The van der Waals surface area contributed by atoms with Crippen LogP contribution in [0.5, 0.6) is 0 Å². The van der Waals surface area contributed by atoms with Gasteiger partial charge in [0.15, 0.2) is 0 Å². The molecule has 1 aromatic carbocycles. The predicted molar refractivity (Wildman–Crippen MR) is 41.7 cm³/mol. The maximum absolute atomic E-state index is 8.65. The zero-order valence-electron chi connectivity index (χ0n) is 5.36. The molecule has 0 unspecified atom stereocenters. The van der Waals surface area contributed by atoms with Gasteiger partial charge in [-0.1, -0.05) is 29.7 Å². The minimum absolute atomic E-state index is 0.417. The first-order valence-corrected chi connectivity index (χ1v) is 2.92. The monoisotopic (exact) mass is 132 g/mol. The van der Waals surface area contributed by atoms with Gasteiger partial charge in [0.1, 0.15) is 7.85 Å². The van der Waals surface area contributed by atoms with Crippen molar-refractivity contribution in [3.05, 3.63) is 24.3 Å². The molecule has 4 heteroatoms. The van der Waals surface area contributed by atoms with Crippen molar-refractivity contribution >= 4 is 25.9 Å². The number of hydrogen-bond donors (Lipinski definition) is 2. The van der Waals surface area contributed by atoms with E-state index in [2.05, 4.69) is 0 Å². The van der Waals surface area contributed by atoms with Gasteiger partial charge in [0.2, 0.25) is 0 Å². The Kier molecular flexibility index (Phi) is 2.14. The Balaban J connectivity index is 2.96. The summed E-state index contributed by atoms with van der Waals surface area (Å²) in [4.78, 5) is 0. The van der Waals surface area contributed by atoms with E-state index in [1.165, 1.54) is 6.07 Å². The van der Waals surface area contributed by atoms with Gasteiger partial charge < -0.3 is 10.0 Å². The Morgan fingerprint density at radius 2 is 2.00 bits per heavy atom. The second-order valence-electron chi connectivity index (χ2n) is 2.04. The Morgan fingerprint density at radius 1 is 1.30 bits per heavy atom. The number of rotatable bonds is 1. The van der Waals surface area contributed by atoms with Crippen LogP contribution in [0.2, 0.25) is 0 Å². The van der Waals surface area contributed by atoms with Crippen LogP contribution in [0.1, 0.15) is 0 Å². The van der Waals surface area contributed by atoms with Crippen molar-refractivity contribution in [2.24, 2.45) is 0 Å². The van der Waals surface area contributed by atoms with Gasteiger partial charge in [-0.15, -0.1) is 0 Å². The SMILES string of the molecule is [B]c1cccc(B(O)O)c1. The first kappa shape index (κ1) is 7.38. The lowest BCUT2D eigenvalue weighted by Gasteiger charge is -1.98. The molecule has 0 fully saturated rings. The van der Waals surface area contributed by atoms with Crippen LogP contribution in [0, 0.1) is 0 Å². The molecule has 1 aromatic rings. The molecule has 0 spiro atoms. The summed E-state index contributed by atoms with van der Waals surface area (Å²) in [6, 6.07) is 6.47. The first-order chi connectivity index (χ1) is 4.70. The van der Waals surface area contributed by atoms with Gasteiger partial charge in [-0.05, 0) is 5.46 Å². The normalized spacial score (nSPS) is 9.40. The van der Waals surface area contributed by atoms with Crippen LogP contribution in [-0.4, -0.2) is 25.0 Å². The molecule has 0 bridgehead atoms. The van der Waals surface area contributed by atoms with Gasteiger partial charge in [-0.25, -0.2) is 0 Å². The lowest BCUT2D eigenvalue weighted by molar-refractivity contribution is 0.426. The molecule has 0 saturated carbocycles. The summed E-state index contributed by atoms with van der Waals surface area (Å²) in [5.41, 5.74) is 0.950. The van der Waals surface area contributed by atoms with E-state index < -0.39 is 7.12 Å². The molecular formula is C6H6B2O2. The molecule has 0 heterocycles. The highest BCUT2D eigenvalue weighted by Crippen LogP contribution is 1.79. The second-order valence-corrected chi connectivity index (χ2v) is 2.04. The molecule has 0 aliphatic heterocycles.